The Morgan fingerprint density at radius 1 is 1.35 bits per heavy atom. The summed E-state index contributed by atoms with van der Waals surface area (Å²) < 4.78 is 11.1. The molecule has 5 nitrogen and oxygen atoms in total. The molecule has 0 spiro atoms. The number of ether oxygens (including phenoxy) is 2. The second-order valence-electron chi connectivity index (χ2n) is 5.97. The van der Waals surface area contributed by atoms with Crippen LogP contribution in [0.2, 0.25) is 0 Å². The molecule has 0 aliphatic carbocycles. The van der Waals surface area contributed by atoms with Crippen LogP contribution < -0.4 is 19.7 Å². The third-order valence-corrected chi connectivity index (χ3v) is 4.12. The number of fused-ring (bicyclic) bond motifs is 1. The number of hydrogen-bond acceptors (Lipinski definition) is 5. The predicted octanol–water partition coefficient (Wildman–Crippen LogP) is 2.25. The van der Waals surface area contributed by atoms with Gasteiger partial charge in [-0.1, -0.05) is 6.07 Å². The number of nitrogens with one attached hydrogen (secondary N) is 1. The summed E-state index contributed by atoms with van der Waals surface area (Å²) in [5.74, 6) is 1.76. The van der Waals surface area contributed by atoms with Gasteiger partial charge < -0.3 is 19.7 Å². The van der Waals surface area contributed by atoms with E-state index in [2.05, 4.69) is 21.3 Å². The number of methoxy groups -OCH3 is 1. The molecule has 0 fully saturated rings. The van der Waals surface area contributed by atoms with Crippen molar-refractivity contribution in [3.8, 4) is 11.5 Å². The molecule has 0 saturated carbocycles. The van der Waals surface area contributed by atoms with E-state index in [1.807, 2.05) is 44.7 Å². The van der Waals surface area contributed by atoms with Gasteiger partial charge in [0.2, 0.25) is 0 Å². The molecule has 1 N–H and O–H groups in total. The Morgan fingerprint density at radius 3 is 3.00 bits per heavy atom. The highest BCUT2D eigenvalue weighted by Gasteiger charge is 2.20. The van der Waals surface area contributed by atoms with E-state index in [1.165, 1.54) is 16.8 Å². The van der Waals surface area contributed by atoms with Crippen molar-refractivity contribution in [2.75, 3.05) is 32.7 Å². The van der Waals surface area contributed by atoms with Gasteiger partial charge in [0.25, 0.3) is 0 Å². The number of aromatic nitrogens is 1. The summed E-state index contributed by atoms with van der Waals surface area (Å²) in [5.41, 5.74) is 3.60. The van der Waals surface area contributed by atoms with Gasteiger partial charge in [-0.3, -0.25) is 4.98 Å². The van der Waals surface area contributed by atoms with E-state index in [-0.39, 0.29) is 0 Å². The fraction of sp³-hybridized carbons (Fsp3) is 0.389. The zero-order valence-electron chi connectivity index (χ0n) is 13.9. The molecule has 0 unspecified atom stereocenters. The largest absolute Gasteiger partial charge is 0.497 e. The molecule has 2 aromatic rings. The fourth-order valence-electron chi connectivity index (χ4n) is 2.86. The highest BCUT2D eigenvalue weighted by molar-refractivity contribution is 5.50. The van der Waals surface area contributed by atoms with E-state index in [9.17, 15) is 0 Å². The van der Waals surface area contributed by atoms with E-state index in [1.54, 1.807) is 7.11 Å². The van der Waals surface area contributed by atoms with Crippen LogP contribution in [0.25, 0.3) is 0 Å². The minimum Gasteiger partial charge on any atom is -0.497 e. The number of nitrogens with zero attached hydrogens (tertiary/aromatic N) is 2. The second kappa shape index (κ2) is 6.87. The molecule has 0 radical (unpaired) electrons. The molecule has 2 heterocycles. The van der Waals surface area contributed by atoms with E-state index in [4.69, 9.17) is 9.47 Å². The maximum absolute atomic E-state index is 5.88. The van der Waals surface area contributed by atoms with Crippen molar-refractivity contribution in [2.45, 2.75) is 19.0 Å². The lowest BCUT2D eigenvalue weighted by atomic mass is 10.0. The Hall–Kier alpha value is -2.27. The van der Waals surface area contributed by atoms with Crippen LogP contribution in [-0.2, 0) is 13.0 Å². The van der Waals surface area contributed by atoms with Crippen molar-refractivity contribution in [3.05, 3.63) is 47.8 Å². The Balaban J connectivity index is 1.64. The van der Waals surface area contributed by atoms with Crippen molar-refractivity contribution in [3.63, 3.8) is 0 Å². The summed E-state index contributed by atoms with van der Waals surface area (Å²) in [5, 5.41) is 3.58. The Bertz CT molecular complexity index is 673. The van der Waals surface area contributed by atoms with Gasteiger partial charge >= 0.3 is 0 Å². The van der Waals surface area contributed by atoms with Crippen molar-refractivity contribution in [2.24, 2.45) is 0 Å². The summed E-state index contributed by atoms with van der Waals surface area (Å²) in [6.45, 7) is 1.44. The maximum Gasteiger partial charge on any atom is 0.126 e. The Kier molecular flexibility index (Phi) is 4.67. The van der Waals surface area contributed by atoms with Gasteiger partial charge in [-0.05, 0) is 24.1 Å². The third-order valence-electron chi connectivity index (χ3n) is 4.12. The minimum absolute atomic E-state index is 0.297. The zero-order chi connectivity index (χ0) is 16.2. The summed E-state index contributed by atoms with van der Waals surface area (Å²) in [7, 11) is 5.77. The molecule has 3 rings (SSSR count). The normalized spacial score (nSPS) is 16.4. The highest BCUT2D eigenvalue weighted by Crippen LogP contribution is 2.29. The molecule has 0 amide bonds. The van der Waals surface area contributed by atoms with Crippen molar-refractivity contribution >= 4 is 5.69 Å². The quantitative estimate of drug-likeness (QED) is 0.917. The molecular weight excluding hydrogens is 290 g/mol. The van der Waals surface area contributed by atoms with Crippen LogP contribution in [0.5, 0.6) is 11.5 Å². The lowest BCUT2D eigenvalue weighted by molar-refractivity contribution is 0.237. The zero-order valence-corrected chi connectivity index (χ0v) is 13.9. The van der Waals surface area contributed by atoms with Crippen molar-refractivity contribution < 1.29 is 9.47 Å². The molecule has 122 valence electrons. The standard InChI is InChI=1S/C18H23N3O2/c1-21(2)17-6-7-19-10-14(17)11-20-15-8-13-4-5-16(22-3)9-18(13)23-12-15/h4-7,9-10,15,20H,8,11-12H2,1-3H3/t15-/m1/s1. The molecule has 5 heteroatoms. The van der Waals surface area contributed by atoms with Gasteiger partial charge in [0, 0.05) is 56.4 Å². The van der Waals surface area contributed by atoms with Gasteiger partial charge in [0.15, 0.2) is 0 Å². The number of rotatable bonds is 5. The van der Waals surface area contributed by atoms with E-state index in [0.717, 1.165) is 24.5 Å². The number of benzene rings is 1. The van der Waals surface area contributed by atoms with Crippen molar-refractivity contribution in [1.82, 2.24) is 10.3 Å². The molecule has 1 atom stereocenters. The van der Waals surface area contributed by atoms with Crippen LogP contribution >= 0.6 is 0 Å². The molecule has 1 aliphatic rings. The van der Waals surface area contributed by atoms with Gasteiger partial charge in [-0.2, -0.15) is 0 Å². The molecule has 1 aromatic heterocycles. The second-order valence-corrected chi connectivity index (χ2v) is 5.97. The molecule has 1 aliphatic heterocycles. The SMILES string of the molecule is COc1ccc2c(c1)OC[C@H](NCc1cnccc1N(C)C)C2. The van der Waals surface area contributed by atoms with E-state index < -0.39 is 0 Å². The maximum atomic E-state index is 5.88. The monoisotopic (exact) mass is 313 g/mol. The Morgan fingerprint density at radius 2 is 2.22 bits per heavy atom. The van der Waals surface area contributed by atoms with Gasteiger partial charge in [-0.25, -0.2) is 0 Å². The smallest absolute Gasteiger partial charge is 0.126 e. The fourth-order valence-corrected chi connectivity index (χ4v) is 2.86. The van der Waals surface area contributed by atoms with Gasteiger partial charge in [0.1, 0.15) is 18.1 Å². The number of anilines is 1. The summed E-state index contributed by atoms with van der Waals surface area (Å²) in [6, 6.07) is 8.35. The van der Waals surface area contributed by atoms with Crippen LogP contribution in [-0.4, -0.2) is 38.8 Å². The highest BCUT2D eigenvalue weighted by atomic mass is 16.5. The summed E-state index contributed by atoms with van der Waals surface area (Å²) in [6.07, 6.45) is 4.70. The van der Waals surface area contributed by atoms with Crippen LogP contribution in [0.4, 0.5) is 5.69 Å². The average Bonchev–Trinajstić information content (AvgIpc) is 2.59. The molecular formula is C18H23N3O2. The molecule has 1 aromatic carbocycles. The summed E-state index contributed by atoms with van der Waals surface area (Å²) >= 11 is 0. The van der Waals surface area contributed by atoms with E-state index >= 15 is 0 Å². The van der Waals surface area contributed by atoms with Crippen LogP contribution in [0, 0.1) is 0 Å². The predicted molar refractivity (Wildman–Crippen MR) is 91.4 cm³/mol. The van der Waals surface area contributed by atoms with Crippen LogP contribution in [0.1, 0.15) is 11.1 Å². The lowest BCUT2D eigenvalue weighted by Gasteiger charge is -2.27. The first kappa shape index (κ1) is 15.6. The molecule has 0 saturated heterocycles. The minimum atomic E-state index is 0.297. The first-order valence-electron chi connectivity index (χ1n) is 7.80. The topological polar surface area (TPSA) is 46.6 Å². The lowest BCUT2D eigenvalue weighted by Crippen LogP contribution is -2.39. The van der Waals surface area contributed by atoms with Crippen LogP contribution in [0.3, 0.4) is 0 Å². The number of hydrogen-bond donors (Lipinski definition) is 1. The van der Waals surface area contributed by atoms with Gasteiger partial charge in [-0.15, -0.1) is 0 Å². The third kappa shape index (κ3) is 3.56. The van der Waals surface area contributed by atoms with E-state index in [0.29, 0.717) is 12.6 Å². The first-order chi connectivity index (χ1) is 11.2. The van der Waals surface area contributed by atoms with Crippen LogP contribution in [0.15, 0.2) is 36.7 Å². The molecule has 0 bridgehead atoms. The number of pyridine rings is 1. The average molecular weight is 313 g/mol. The van der Waals surface area contributed by atoms with Gasteiger partial charge in [0.05, 0.1) is 7.11 Å². The molecule has 23 heavy (non-hydrogen) atoms. The Labute approximate surface area is 137 Å². The first-order valence-corrected chi connectivity index (χ1v) is 7.80. The summed E-state index contributed by atoms with van der Waals surface area (Å²) in [4.78, 5) is 6.34. The van der Waals surface area contributed by atoms with Crippen molar-refractivity contribution in [1.29, 1.82) is 0 Å².